The second kappa shape index (κ2) is 7.97. The lowest BCUT2D eigenvalue weighted by atomic mass is 10.1. The Morgan fingerprint density at radius 1 is 1.12 bits per heavy atom. The molecule has 1 saturated heterocycles. The molecule has 0 N–H and O–H groups in total. The zero-order valence-electron chi connectivity index (χ0n) is 14.2. The van der Waals surface area contributed by atoms with E-state index in [0.717, 1.165) is 22.4 Å². The lowest BCUT2D eigenvalue weighted by molar-refractivity contribution is -0.150. The third-order valence-corrected chi connectivity index (χ3v) is 6.26. The summed E-state index contributed by atoms with van der Waals surface area (Å²) in [7, 11) is -3.97. The number of nitrogens with zero attached hydrogens (tertiary/aromatic N) is 1. The maximum Gasteiger partial charge on any atom is 0.324 e. The monoisotopic (exact) mass is 377 g/mol. The molecule has 1 fully saturated rings. The third-order valence-electron chi connectivity index (χ3n) is 4.35. The number of rotatable bonds is 5. The van der Waals surface area contributed by atoms with Crippen molar-refractivity contribution in [2.75, 3.05) is 6.54 Å². The molecule has 2 aromatic rings. The van der Waals surface area contributed by atoms with Crippen LogP contribution in [-0.4, -0.2) is 31.3 Å². The van der Waals surface area contributed by atoms with Gasteiger partial charge in [-0.3, -0.25) is 4.79 Å². The number of carbonyl (C=O) groups is 1. The Kier molecular flexibility index (Phi) is 5.68. The highest BCUT2D eigenvalue weighted by atomic mass is 32.2. The first-order valence-electron chi connectivity index (χ1n) is 8.46. The Hall–Kier alpha value is -2.25. The van der Waals surface area contributed by atoms with Crippen LogP contribution in [0.15, 0.2) is 59.5 Å². The predicted octanol–water partition coefficient (Wildman–Crippen LogP) is 3.11. The minimum atomic E-state index is -3.97. The Bertz CT molecular complexity index is 870. The van der Waals surface area contributed by atoms with E-state index in [9.17, 15) is 17.6 Å². The Morgan fingerprint density at radius 3 is 2.62 bits per heavy atom. The van der Waals surface area contributed by atoms with Crippen molar-refractivity contribution in [2.24, 2.45) is 0 Å². The Labute approximate surface area is 152 Å². The lowest BCUT2D eigenvalue weighted by Crippen LogP contribution is -2.48. The van der Waals surface area contributed by atoms with Gasteiger partial charge in [-0.05, 0) is 43.0 Å². The quantitative estimate of drug-likeness (QED) is 0.751. The average molecular weight is 377 g/mol. The second-order valence-electron chi connectivity index (χ2n) is 6.18. The summed E-state index contributed by atoms with van der Waals surface area (Å²) in [6.07, 6.45) is 1.78. The maximum absolute atomic E-state index is 13.5. The number of sulfonamides is 1. The number of hydrogen-bond acceptors (Lipinski definition) is 4. The minimum absolute atomic E-state index is 0.0873. The molecule has 5 nitrogen and oxygen atoms in total. The summed E-state index contributed by atoms with van der Waals surface area (Å²) in [6, 6.07) is 13.1. The van der Waals surface area contributed by atoms with E-state index >= 15 is 0 Å². The molecule has 138 valence electrons. The van der Waals surface area contributed by atoms with Crippen molar-refractivity contribution in [3.8, 4) is 0 Å². The van der Waals surface area contributed by atoms with Gasteiger partial charge in [-0.2, -0.15) is 4.31 Å². The molecule has 1 heterocycles. The summed E-state index contributed by atoms with van der Waals surface area (Å²) in [6.45, 7) is 0.300. The zero-order chi connectivity index (χ0) is 18.6. The van der Waals surface area contributed by atoms with Gasteiger partial charge < -0.3 is 4.74 Å². The SMILES string of the molecule is O=C(OCc1ccccc1)C1CCCCN1S(=O)(=O)c1cccc(F)c1. The van der Waals surface area contributed by atoms with Crippen molar-refractivity contribution in [3.05, 3.63) is 66.0 Å². The number of esters is 1. The molecule has 0 saturated carbocycles. The molecule has 7 heteroatoms. The van der Waals surface area contributed by atoms with Crippen molar-refractivity contribution in [2.45, 2.75) is 36.8 Å². The third kappa shape index (κ3) is 4.11. The molecular weight excluding hydrogens is 357 g/mol. The highest BCUT2D eigenvalue weighted by Gasteiger charge is 2.38. The van der Waals surface area contributed by atoms with Crippen LogP contribution >= 0.6 is 0 Å². The molecule has 1 atom stereocenters. The number of ether oxygens (including phenoxy) is 1. The van der Waals surface area contributed by atoms with Crippen molar-refractivity contribution in [1.29, 1.82) is 0 Å². The molecule has 0 amide bonds. The summed E-state index contributed by atoms with van der Waals surface area (Å²) < 4.78 is 45.7. The number of halogens is 1. The molecule has 0 aromatic heterocycles. The van der Waals surface area contributed by atoms with Crippen molar-refractivity contribution in [3.63, 3.8) is 0 Å². The largest absolute Gasteiger partial charge is 0.460 e. The fourth-order valence-corrected chi connectivity index (χ4v) is 4.69. The zero-order valence-corrected chi connectivity index (χ0v) is 15.0. The van der Waals surface area contributed by atoms with Gasteiger partial charge in [-0.15, -0.1) is 0 Å². The van der Waals surface area contributed by atoms with Crippen LogP contribution in [0.4, 0.5) is 4.39 Å². The normalized spacial score (nSPS) is 18.4. The van der Waals surface area contributed by atoms with Gasteiger partial charge in [-0.1, -0.05) is 36.4 Å². The van der Waals surface area contributed by atoms with E-state index in [1.165, 1.54) is 18.2 Å². The molecule has 0 bridgehead atoms. The summed E-state index contributed by atoms with van der Waals surface area (Å²) in [5.41, 5.74) is 0.830. The van der Waals surface area contributed by atoms with Crippen molar-refractivity contribution < 1.29 is 22.3 Å². The molecule has 2 aromatic carbocycles. The van der Waals surface area contributed by atoms with Gasteiger partial charge in [0.05, 0.1) is 4.90 Å². The van der Waals surface area contributed by atoms with E-state index in [1.807, 2.05) is 30.3 Å². The molecule has 0 aliphatic carbocycles. The number of hydrogen-bond donors (Lipinski definition) is 0. The topological polar surface area (TPSA) is 63.7 Å². The molecule has 1 unspecified atom stereocenters. The van der Waals surface area contributed by atoms with Gasteiger partial charge in [0.15, 0.2) is 0 Å². The predicted molar refractivity (Wildman–Crippen MR) is 94.2 cm³/mol. The van der Waals surface area contributed by atoms with Crippen LogP contribution < -0.4 is 0 Å². The fraction of sp³-hybridized carbons (Fsp3) is 0.316. The molecule has 3 rings (SSSR count). The molecule has 1 aliphatic heterocycles. The summed E-state index contributed by atoms with van der Waals surface area (Å²) in [5, 5.41) is 0. The number of carbonyl (C=O) groups excluding carboxylic acids is 1. The van der Waals surface area contributed by atoms with Gasteiger partial charge in [-0.25, -0.2) is 12.8 Å². The van der Waals surface area contributed by atoms with E-state index in [-0.39, 0.29) is 18.0 Å². The molecular formula is C19H20FNO4S. The standard InChI is InChI=1S/C19H20FNO4S/c20-16-9-6-10-17(13-16)26(23,24)21-12-5-4-11-18(21)19(22)25-14-15-7-2-1-3-8-15/h1-3,6-10,13,18H,4-5,11-12,14H2. The molecule has 1 aliphatic rings. The van der Waals surface area contributed by atoms with E-state index in [2.05, 4.69) is 0 Å². The van der Waals surface area contributed by atoms with Crippen molar-refractivity contribution in [1.82, 2.24) is 4.31 Å². The first-order chi connectivity index (χ1) is 12.5. The fourth-order valence-electron chi connectivity index (χ4n) is 3.02. The minimum Gasteiger partial charge on any atom is -0.460 e. The van der Waals surface area contributed by atoms with Gasteiger partial charge in [0.25, 0.3) is 0 Å². The summed E-state index contributed by atoms with van der Waals surface area (Å²) in [5.74, 6) is -1.21. The van der Waals surface area contributed by atoms with Crippen LogP contribution in [0.2, 0.25) is 0 Å². The highest BCUT2D eigenvalue weighted by Crippen LogP contribution is 2.26. The number of piperidine rings is 1. The van der Waals surface area contributed by atoms with Crippen LogP contribution in [0.1, 0.15) is 24.8 Å². The highest BCUT2D eigenvalue weighted by molar-refractivity contribution is 7.89. The summed E-state index contributed by atoms with van der Waals surface area (Å²) >= 11 is 0. The van der Waals surface area contributed by atoms with Crippen LogP contribution in [0.3, 0.4) is 0 Å². The van der Waals surface area contributed by atoms with Crippen LogP contribution in [0.25, 0.3) is 0 Å². The van der Waals surface area contributed by atoms with Gasteiger partial charge in [0.1, 0.15) is 18.5 Å². The molecule has 0 spiro atoms. The van der Waals surface area contributed by atoms with E-state index < -0.39 is 27.9 Å². The van der Waals surface area contributed by atoms with Gasteiger partial charge >= 0.3 is 5.97 Å². The van der Waals surface area contributed by atoms with Gasteiger partial charge in [0.2, 0.25) is 10.0 Å². The Balaban J connectivity index is 1.78. The first-order valence-corrected chi connectivity index (χ1v) is 9.90. The average Bonchev–Trinajstić information content (AvgIpc) is 2.67. The smallest absolute Gasteiger partial charge is 0.324 e. The van der Waals surface area contributed by atoms with E-state index in [4.69, 9.17) is 4.74 Å². The Morgan fingerprint density at radius 2 is 1.88 bits per heavy atom. The van der Waals surface area contributed by atoms with E-state index in [0.29, 0.717) is 12.8 Å². The number of benzene rings is 2. The van der Waals surface area contributed by atoms with E-state index in [1.54, 1.807) is 0 Å². The molecule has 26 heavy (non-hydrogen) atoms. The van der Waals surface area contributed by atoms with Crippen LogP contribution in [0.5, 0.6) is 0 Å². The van der Waals surface area contributed by atoms with Gasteiger partial charge in [0, 0.05) is 6.54 Å². The lowest BCUT2D eigenvalue weighted by Gasteiger charge is -2.33. The van der Waals surface area contributed by atoms with Crippen LogP contribution in [-0.2, 0) is 26.2 Å². The second-order valence-corrected chi connectivity index (χ2v) is 8.07. The van der Waals surface area contributed by atoms with Crippen molar-refractivity contribution >= 4 is 16.0 Å². The first kappa shape index (κ1) is 18.5. The maximum atomic E-state index is 13.5. The van der Waals surface area contributed by atoms with Crippen LogP contribution in [0, 0.1) is 5.82 Å². The molecule has 0 radical (unpaired) electrons. The summed E-state index contributed by atoms with van der Waals surface area (Å²) in [4.78, 5) is 12.4.